The summed E-state index contributed by atoms with van der Waals surface area (Å²) in [7, 11) is 0. The monoisotopic (exact) mass is 427 g/mol. The average molecular weight is 427 g/mol. The minimum atomic E-state index is -4.28. The van der Waals surface area contributed by atoms with E-state index in [-0.39, 0.29) is 18.6 Å². The van der Waals surface area contributed by atoms with Crippen LogP contribution in [0.3, 0.4) is 0 Å². The molecule has 30 heavy (non-hydrogen) atoms. The Bertz CT molecular complexity index is 873. The lowest BCUT2D eigenvalue weighted by atomic mass is 10.1. The number of hydrogen-bond donors (Lipinski definition) is 0. The maximum Gasteiger partial charge on any atom is 0.411 e. The number of hydrogen-bond acceptors (Lipinski definition) is 5. The molecule has 0 N–H and O–H groups in total. The smallest absolute Gasteiger partial charge is 0.372 e. The Hall–Kier alpha value is -2.20. The molecule has 0 atom stereocenters. The number of piperazine rings is 1. The molecule has 1 aliphatic rings. The van der Waals surface area contributed by atoms with Gasteiger partial charge in [-0.15, -0.1) is 0 Å². The maximum atomic E-state index is 13.0. The van der Waals surface area contributed by atoms with E-state index in [1.807, 2.05) is 31.5 Å². The highest BCUT2D eigenvalue weighted by molar-refractivity contribution is 5.98. The number of aryl methyl sites for hydroxylation is 1. The number of pyridine rings is 1. The van der Waals surface area contributed by atoms with Crippen molar-refractivity contribution in [2.45, 2.75) is 39.4 Å². The summed E-state index contributed by atoms with van der Waals surface area (Å²) >= 11 is 0. The summed E-state index contributed by atoms with van der Waals surface area (Å²) in [5, 5.41) is 5.21. The topological polar surface area (TPSA) is 63.5 Å². The SMILES string of the molecule is Cc1nc2c(cnn2C(C)C)cc1C(=O)N1CCN(CCCOCC(F)(F)F)CC1. The molecule has 3 heterocycles. The summed E-state index contributed by atoms with van der Waals surface area (Å²) in [5.41, 5.74) is 2.04. The van der Waals surface area contributed by atoms with Gasteiger partial charge in [0.05, 0.1) is 17.5 Å². The number of alkyl halides is 3. The molecule has 1 fully saturated rings. The van der Waals surface area contributed by atoms with Crippen molar-refractivity contribution in [2.24, 2.45) is 0 Å². The summed E-state index contributed by atoms with van der Waals surface area (Å²) in [4.78, 5) is 21.6. The first-order chi connectivity index (χ1) is 14.2. The Morgan fingerprint density at radius 1 is 1.23 bits per heavy atom. The molecule has 0 aliphatic carbocycles. The van der Waals surface area contributed by atoms with Crippen LogP contribution in [-0.4, -0.2) is 82.6 Å². The van der Waals surface area contributed by atoms with E-state index in [2.05, 4.69) is 19.7 Å². The highest BCUT2D eigenvalue weighted by atomic mass is 19.4. The van der Waals surface area contributed by atoms with Crippen LogP contribution in [0.5, 0.6) is 0 Å². The normalized spacial score (nSPS) is 16.0. The van der Waals surface area contributed by atoms with Gasteiger partial charge in [-0.3, -0.25) is 9.69 Å². The van der Waals surface area contributed by atoms with Gasteiger partial charge < -0.3 is 9.64 Å². The number of ether oxygens (including phenoxy) is 1. The molecule has 10 heteroatoms. The first-order valence-electron chi connectivity index (χ1n) is 10.2. The van der Waals surface area contributed by atoms with Crippen LogP contribution in [0.25, 0.3) is 11.0 Å². The van der Waals surface area contributed by atoms with Crippen molar-refractivity contribution in [3.05, 3.63) is 23.5 Å². The molecule has 0 bridgehead atoms. The lowest BCUT2D eigenvalue weighted by molar-refractivity contribution is -0.174. The maximum absolute atomic E-state index is 13.0. The van der Waals surface area contributed by atoms with Crippen molar-refractivity contribution >= 4 is 16.9 Å². The number of aromatic nitrogens is 3. The highest BCUT2D eigenvalue weighted by Crippen LogP contribution is 2.21. The van der Waals surface area contributed by atoms with Crippen molar-refractivity contribution < 1.29 is 22.7 Å². The van der Waals surface area contributed by atoms with Crippen molar-refractivity contribution in [3.8, 4) is 0 Å². The van der Waals surface area contributed by atoms with E-state index < -0.39 is 12.8 Å². The second-order valence-electron chi connectivity index (χ2n) is 7.87. The third-order valence-corrected chi connectivity index (χ3v) is 5.17. The number of halogens is 3. The lowest BCUT2D eigenvalue weighted by Crippen LogP contribution is -2.49. The Balaban J connectivity index is 1.52. The summed E-state index contributed by atoms with van der Waals surface area (Å²) < 4.78 is 42.7. The van der Waals surface area contributed by atoms with Crippen LogP contribution in [0.4, 0.5) is 13.2 Å². The zero-order valence-electron chi connectivity index (χ0n) is 17.6. The van der Waals surface area contributed by atoms with E-state index in [0.29, 0.717) is 50.4 Å². The molecule has 1 saturated heterocycles. The molecule has 1 amide bonds. The zero-order chi connectivity index (χ0) is 21.9. The molecule has 0 saturated carbocycles. The van der Waals surface area contributed by atoms with Crippen molar-refractivity contribution in [3.63, 3.8) is 0 Å². The number of amides is 1. The average Bonchev–Trinajstić information content (AvgIpc) is 3.09. The minimum Gasteiger partial charge on any atom is -0.372 e. The highest BCUT2D eigenvalue weighted by Gasteiger charge is 2.27. The molecule has 1 aliphatic heterocycles. The van der Waals surface area contributed by atoms with Gasteiger partial charge in [-0.2, -0.15) is 18.3 Å². The van der Waals surface area contributed by atoms with Crippen molar-refractivity contribution in [1.82, 2.24) is 24.6 Å². The van der Waals surface area contributed by atoms with E-state index in [0.717, 1.165) is 11.0 Å². The van der Waals surface area contributed by atoms with Crippen LogP contribution in [0.15, 0.2) is 12.3 Å². The number of rotatable bonds is 7. The van der Waals surface area contributed by atoms with Gasteiger partial charge >= 0.3 is 6.18 Å². The molecule has 2 aromatic heterocycles. The Kier molecular flexibility index (Phi) is 6.97. The number of carbonyl (C=O) groups excluding carboxylic acids is 1. The predicted molar refractivity (Wildman–Crippen MR) is 106 cm³/mol. The van der Waals surface area contributed by atoms with E-state index in [1.165, 1.54) is 0 Å². The molecule has 0 spiro atoms. The van der Waals surface area contributed by atoms with Gasteiger partial charge in [0.2, 0.25) is 0 Å². The van der Waals surface area contributed by atoms with E-state index >= 15 is 0 Å². The van der Waals surface area contributed by atoms with Crippen molar-refractivity contribution in [2.75, 3.05) is 45.9 Å². The fourth-order valence-electron chi connectivity index (χ4n) is 3.58. The second kappa shape index (κ2) is 9.30. The third kappa shape index (κ3) is 5.48. The van der Waals surface area contributed by atoms with Gasteiger partial charge in [-0.05, 0) is 33.3 Å². The minimum absolute atomic E-state index is 0.0487. The molecule has 0 radical (unpaired) electrons. The van der Waals surface area contributed by atoms with E-state index in [9.17, 15) is 18.0 Å². The van der Waals surface area contributed by atoms with Crippen LogP contribution in [0.2, 0.25) is 0 Å². The molecule has 166 valence electrons. The van der Waals surface area contributed by atoms with Gasteiger partial charge in [-0.25, -0.2) is 9.67 Å². The van der Waals surface area contributed by atoms with Gasteiger partial charge in [0, 0.05) is 50.8 Å². The fourth-order valence-corrected chi connectivity index (χ4v) is 3.58. The lowest BCUT2D eigenvalue weighted by Gasteiger charge is -2.35. The van der Waals surface area contributed by atoms with Crippen LogP contribution in [0.1, 0.15) is 42.4 Å². The number of nitrogens with zero attached hydrogens (tertiary/aromatic N) is 5. The van der Waals surface area contributed by atoms with Gasteiger partial charge in [-0.1, -0.05) is 0 Å². The molecule has 2 aromatic rings. The first-order valence-corrected chi connectivity index (χ1v) is 10.2. The molecule has 0 unspecified atom stereocenters. The fraction of sp³-hybridized carbons (Fsp3) is 0.650. The number of carbonyl (C=O) groups is 1. The Labute approximate surface area is 173 Å². The van der Waals surface area contributed by atoms with Crippen LogP contribution >= 0.6 is 0 Å². The largest absolute Gasteiger partial charge is 0.411 e. The number of fused-ring (bicyclic) bond motifs is 1. The molecular weight excluding hydrogens is 399 g/mol. The standard InChI is InChI=1S/C20H28F3N5O2/c1-14(2)28-18-16(12-24-28)11-17(15(3)25-18)19(29)27-8-6-26(7-9-27)5-4-10-30-13-20(21,22)23/h11-12,14H,4-10,13H2,1-3H3. The molecule has 7 nitrogen and oxygen atoms in total. The zero-order valence-corrected chi connectivity index (χ0v) is 17.6. The second-order valence-corrected chi connectivity index (χ2v) is 7.87. The van der Waals surface area contributed by atoms with Crippen LogP contribution in [-0.2, 0) is 4.74 Å². The molecule has 3 rings (SSSR count). The van der Waals surface area contributed by atoms with Gasteiger partial charge in [0.1, 0.15) is 6.61 Å². The summed E-state index contributed by atoms with van der Waals surface area (Å²) in [5.74, 6) is -0.0487. The van der Waals surface area contributed by atoms with Crippen molar-refractivity contribution in [1.29, 1.82) is 0 Å². The van der Waals surface area contributed by atoms with Crippen LogP contribution < -0.4 is 0 Å². The van der Waals surface area contributed by atoms with Gasteiger partial charge in [0.25, 0.3) is 5.91 Å². The summed E-state index contributed by atoms with van der Waals surface area (Å²) in [6, 6.07) is 2.04. The summed E-state index contributed by atoms with van der Waals surface area (Å²) in [6.45, 7) is 7.94. The third-order valence-electron chi connectivity index (χ3n) is 5.17. The molecule has 0 aromatic carbocycles. The molecular formula is C20H28F3N5O2. The van der Waals surface area contributed by atoms with Gasteiger partial charge in [0.15, 0.2) is 5.65 Å². The Morgan fingerprint density at radius 2 is 1.93 bits per heavy atom. The quantitative estimate of drug-likeness (QED) is 0.636. The van der Waals surface area contributed by atoms with E-state index in [4.69, 9.17) is 0 Å². The Morgan fingerprint density at radius 3 is 2.57 bits per heavy atom. The van der Waals surface area contributed by atoms with Crippen LogP contribution in [0, 0.1) is 6.92 Å². The first kappa shape index (κ1) is 22.5. The summed E-state index contributed by atoms with van der Waals surface area (Å²) in [6.07, 6.45) is -2.02. The predicted octanol–water partition coefficient (Wildman–Crippen LogP) is 3.05. The van der Waals surface area contributed by atoms with E-state index in [1.54, 1.807) is 11.1 Å².